The Kier molecular flexibility index (Phi) is 4.26. The average Bonchev–Trinajstić information content (AvgIpc) is 2.42. The molecule has 1 atom stereocenters. The number of aryl methyl sites for hydroxylation is 1. The first-order valence-corrected chi connectivity index (χ1v) is 6.09. The van der Waals surface area contributed by atoms with Crippen molar-refractivity contribution in [3.8, 4) is 0 Å². The van der Waals surface area contributed by atoms with Crippen LogP contribution in [0.15, 0.2) is 48.8 Å². The lowest BCUT2D eigenvalue weighted by Gasteiger charge is -2.17. The van der Waals surface area contributed by atoms with Crippen LogP contribution in [0.2, 0.25) is 0 Å². The molecule has 0 aliphatic rings. The molecule has 0 saturated heterocycles. The molecule has 2 rings (SSSR count). The lowest BCUT2D eigenvalue weighted by molar-refractivity contribution is -0.139. The van der Waals surface area contributed by atoms with Gasteiger partial charge in [-0.05, 0) is 35.7 Å². The summed E-state index contributed by atoms with van der Waals surface area (Å²) in [5, 5.41) is 12.4. The number of rotatable bonds is 5. The molecule has 0 radical (unpaired) electrons. The third-order valence-electron chi connectivity index (χ3n) is 3.01. The van der Waals surface area contributed by atoms with Crippen molar-refractivity contribution in [1.82, 2.24) is 10.3 Å². The van der Waals surface area contributed by atoms with Crippen molar-refractivity contribution < 1.29 is 9.90 Å². The summed E-state index contributed by atoms with van der Waals surface area (Å²) in [4.78, 5) is 15.3. The Hall–Kier alpha value is -2.20. The molecule has 0 fully saturated rings. The number of benzene rings is 1. The van der Waals surface area contributed by atoms with E-state index in [1.165, 1.54) is 0 Å². The van der Waals surface area contributed by atoms with Crippen LogP contribution in [0.4, 0.5) is 0 Å². The van der Waals surface area contributed by atoms with Gasteiger partial charge in [0.25, 0.3) is 0 Å². The zero-order chi connectivity index (χ0) is 13.7. The number of carbonyl (C=O) groups is 1. The molecule has 0 saturated carbocycles. The Balaban J connectivity index is 2.14. The molecule has 4 heteroatoms. The van der Waals surface area contributed by atoms with Crippen LogP contribution in [0.1, 0.15) is 22.7 Å². The molecule has 0 aliphatic heterocycles. The van der Waals surface area contributed by atoms with Gasteiger partial charge in [0.15, 0.2) is 0 Å². The minimum atomic E-state index is -0.872. The van der Waals surface area contributed by atoms with E-state index >= 15 is 0 Å². The van der Waals surface area contributed by atoms with Crippen molar-refractivity contribution in [3.63, 3.8) is 0 Å². The van der Waals surface area contributed by atoms with E-state index in [0.717, 1.165) is 16.7 Å². The van der Waals surface area contributed by atoms with Crippen LogP contribution in [0.3, 0.4) is 0 Å². The van der Waals surface area contributed by atoms with E-state index in [-0.39, 0.29) is 0 Å². The Morgan fingerprint density at radius 1 is 1.26 bits per heavy atom. The van der Waals surface area contributed by atoms with Gasteiger partial charge in [-0.3, -0.25) is 15.1 Å². The quantitative estimate of drug-likeness (QED) is 0.861. The maximum atomic E-state index is 11.4. The first kappa shape index (κ1) is 13.2. The van der Waals surface area contributed by atoms with Crippen molar-refractivity contribution in [1.29, 1.82) is 0 Å². The topological polar surface area (TPSA) is 62.2 Å². The first-order chi connectivity index (χ1) is 9.18. The zero-order valence-electron chi connectivity index (χ0n) is 10.7. The van der Waals surface area contributed by atoms with E-state index in [4.69, 9.17) is 0 Å². The molecule has 1 heterocycles. The van der Waals surface area contributed by atoms with E-state index in [1.54, 1.807) is 12.4 Å². The molecule has 98 valence electrons. The number of carboxylic acid groups (broad SMARTS) is 1. The van der Waals surface area contributed by atoms with Crippen molar-refractivity contribution in [2.24, 2.45) is 0 Å². The monoisotopic (exact) mass is 256 g/mol. The normalized spacial score (nSPS) is 12.1. The smallest absolute Gasteiger partial charge is 0.325 e. The molecule has 0 amide bonds. The Morgan fingerprint density at radius 2 is 1.95 bits per heavy atom. The summed E-state index contributed by atoms with van der Waals surface area (Å²) < 4.78 is 0. The Bertz CT molecular complexity index is 555. The second-order valence-electron chi connectivity index (χ2n) is 4.36. The molecule has 2 N–H and O–H groups in total. The second-order valence-corrected chi connectivity index (χ2v) is 4.36. The summed E-state index contributed by atoms with van der Waals surface area (Å²) in [6, 6.07) is 10.5. The largest absolute Gasteiger partial charge is 0.480 e. The summed E-state index contributed by atoms with van der Waals surface area (Å²) in [7, 11) is 0. The van der Waals surface area contributed by atoms with Gasteiger partial charge in [0.2, 0.25) is 0 Å². The molecule has 19 heavy (non-hydrogen) atoms. The molecule has 1 aromatic heterocycles. The molecule has 0 bridgehead atoms. The van der Waals surface area contributed by atoms with Gasteiger partial charge in [-0.2, -0.15) is 0 Å². The minimum Gasteiger partial charge on any atom is -0.480 e. The van der Waals surface area contributed by atoms with Crippen LogP contribution in [0.5, 0.6) is 0 Å². The molecule has 0 spiro atoms. The van der Waals surface area contributed by atoms with Gasteiger partial charge in [0.05, 0.1) is 0 Å². The van der Waals surface area contributed by atoms with Crippen LogP contribution in [0.25, 0.3) is 0 Å². The number of hydrogen-bond acceptors (Lipinski definition) is 3. The molecule has 0 aliphatic carbocycles. The number of carboxylic acids is 1. The summed E-state index contributed by atoms with van der Waals surface area (Å²) in [6.07, 6.45) is 3.39. The summed E-state index contributed by atoms with van der Waals surface area (Å²) in [5.41, 5.74) is 2.77. The lowest BCUT2D eigenvalue weighted by Crippen LogP contribution is -2.28. The van der Waals surface area contributed by atoms with Gasteiger partial charge in [0, 0.05) is 18.9 Å². The van der Waals surface area contributed by atoms with Gasteiger partial charge >= 0.3 is 5.97 Å². The number of pyridine rings is 1. The van der Waals surface area contributed by atoms with Crippen LogP contribution >= 0.6 is 0 Å². The van der Waals surface area contributed by atoms with Crippen molar-refractivity contribution in [2.75, 3.05) is 0 Å². The van der Waals surface area contributed by atoms with Gasteiger partial charge in [-0.15, -0.1) is 0 Å². The molecular formula is C15H16N2O2. The van der Waals surface area contributed by atoms with E-state index in [2.05, 4.69) is 10.3 Å². The molecular weight excluding hydrogens is 240 g/mol. The maximum absolute atomic E-state index is 11.4. The summed E-state index contributed by atoms with van der Waals surface area (Å²) in [5.74, 6) is -0.872. The van der Waals surface area contributed by atoms with Crippen molar-refractivity contribution >= 4 is 5.97 Å². The number of hydrogen-bond donors (Lipinski definition) is 2. The highest BCUT2D eigenvalue weighted by atomic mass is 16.4. The van der Waals surface area contributed by atoms with Crippen LogP contribution in [-0.4, -0.2) is 16.1 Å². The number of nitrogens with zero attached hydrogens (tertiary/aromatic N) is 1. The van der Waals surface area contributed by atoms with Gasteiger partial charge in [0.1, 0.15) is 6.04 Å². The third kappa shape index (κ3) is 3.39. The SMILES string of the molecule is Cc1ccccc1C(NCc1ccncc1)C(=O)O. The first-order valence-electron chi connectivity index (χ1n) is 6.09. The maximum Gasteiger partial charge on any atom is 0.325 e. The zero-order valence-corrected chi connectivity index (χ0v) is 10.7. The van der Waals surface area contributed by atoms with E-state index in [1.807, 2.05) is 43.3 Å². The third-order valence-corrected chi connectivity index (χ3v) is 3.01. The lowest BCUT2D eigenvalue weighted by atomic mass is 10.0. The fourth-order valence-electron chi connectivity index (χ4n) is 1.96. The molecule has 2 aromatic rings. The number of aromatic nitrogens is 1. The highest BCUT2D eigenvalue weighted by molar-refractivity contribution is 5.76. The van der Waals surface area contributed by atoms with Gasteiger partial charge < -0.3 is 5.11 Å². The average molecular weight is 256 g/mol. The van der Waals surface area contributed by atoms with E-state index in [9.17, 15) is 9.90 Å². The van der Waals surface area contributed by atoms with Gasteiger partial charge in [-0.1, -0.05) is 24.3 Å². The van der Waals surface area contributed by atoms with Crippen molar-refractivity contribution in [2.45, 2.75) is 19.5 Å². The Labute approximate surface area is 112 Å². The van der Waals surface area contributed by atoms with Crippen LogP contribution < -0.4 is 5.32 Å². The van der Waals surface area contributed by atoms with Crippen molar-refractivity contribution in [3.05, 3.63) is 65.5 Å². The minimum absolute atomic E-state index is 0.494. The Morgan fingerprint density at radius 3 is 2.58 bits per heavy atom. The second kappa shape index (κ2) is 6.11. The number of nitrogens with one attached hydrogen (secondary N) is 1. The van der Waals surface area contributed by atoms with E-state index in [0.29, 0.717) is 6.54 Å². The summed E-state index contributed by atoms with van der Waals surface area (Å²) >= 11 is 0. The highest BCUT2D eigenvalue weighted by Gasteiger charge is 2.20. The molecule has 1 aromatic carbocycles. The molecule has 4 nitrogen and oxygen atoms in total. The van der Waals surface area contributed by atoms with Crippen LogP contribution in [-0.2, 0) is 11.3 Å². The number of aliphatic carboxylic acids is 1. The predicted molar refractivity (Wildman–Crippen MR) is 72.6 cm³/mol. The van der Waals surface area contributed by atoms with Gasteiger partial charge in [-0.25, -0.2) is 0 Å². The highest BCUT2D eigenvalue weighted by Crippen LogP contribution is 2.18. The fourth-order valence-corrected chi connectivity index (χ4v) is 1.96. The fraction of sp³-hybridized carbons (Fsp3) is 0.200. The van der Waals surface area contributed by atoms with Crippen LogP contribution in [0, 0.1) is 6.92 Å². The summed E-state index contributed by atoms with van der Waals surface area (Å²) in [6.45, 7) is 2.41. The molecule has 1 unspecified atom stereocenters. The standard InChI is InChI=1S/C15H16N2O2/c1-11-4-2-3-5-13(11)14(15(18)19)17-10-12-6-8-16-9-7-12/h2-9,14,17H,10H2,1H3,(H,18,19). The predicted octanol–water partition coefficient (Wildman–Crippen LogP) is 2.31. The van der Waals surface area contributed by atoms with E-state index < -0.39 is 12.0 Å².